The van der Waals surface area contributed by atoms with Gasteiger partial charge in [-0.15, -0.1) is 0 Å². The topological polar surface area (TPSA) is 89.3 Å². The number of hydrogen-bond donors (Lipinski definition) is 2. The zero-order valence-corrected chi connectivity index (χ0v) is 12.3. The maximum atomic E-state index is 12.2. The first-order chi connectivity index (χ1) is 9.44. The minimum Gasteiger partial charge on any atom is -0.328 e. The average Bonchev–Trinajstić information content (AvgIpc) is 2.86. The third-order valence-electron chi connectivity index (χ3n) is 3.70. The lowest BCUT2D eigenvalue weighted by atomic mass is 10.1. The molecule has 1 saturated carbocycles. The molecule has 0 radical (unpaired) electrons. The number of nitrogens with two attached hydrogens (primary N) is 1. The molecule has 5 nitrogen and oxygen atoms in total. The van der Waals surface area contributed by atoms with Gasteiger partial charge in [-0.3, -0.25) is 4.79 Å². The maximum absolute atomic E-state index is 12.2. The van der Waals surface area contributed by atoms with Crippen molar-refractivity contribution < 1.29 is 13.2 Å². The Labute approximate surface area is 119 Å². The molecule has 110 valence electrons. The van der Waals surface area contributed by atoms with Gasteiger partial charge in [-0.2, -0.15) is 0 Å². The van der Waals surface area contributed by atoms with E-state index < -0.39 is 9.84 Å². The lowest BCUT2D eigenvalue weighted by Crippen LogP contribution is -2.24. The van der Waals surface area contributed by atoms with Crippen LogP contribution in [0.5, 0.6) is 0 Å². The summed E-state index contributed by atoms with van der Waals surface area (Å²) in [6.07, 6.45) is 2.26. The lowest BCUT2D eigenvalue weighted by Gasteiger charge is -2.14. The summed E-state index contributed by atoms with van der Waals surface area (Å²) in [6.45, 7) is 1.59. The van der Waals surface area contributed by atoms with Crippen LogP contribution < -0.4 is 11.1 Å². The largest absolute Gasteiger partial charge is 0.328 e. The van der Waals surface area contributed by atoms with Gasteiger partial charge in [-0.1, -0.05) is 19.1 Å². The van der Waals surface area contributed by atoms with Crippen LogP contribution in [-0.2, 0) is 14.6 Å². The van der Waals surface area contributed by atoms with E-state index in [-0.39, 0.29) is 28.5 Å². The molecule has 0 bridgehead atoms. The second-order valence-electron chi connectivity index (χ2n) is 5.16. The van der Waals surface area contributed by atoms with Gasteiger partial charge in [0, 0.05) is 12.0 Å². The first kappa shape index (κ1) is 15.0. The Morgan fingerprint density at radius 3 is 2.65 bits per heavy atom. The molecule has 1 amide bonds. The smallest absolute Gasteiger partial charge is 0.227 e. The van der Waals surface area contributed by atoms with E-state index in [2.05, 4.69) is 5.32 Å². The number of sulfone groups is 1. The fourth-order valence-electron chi connectivity index (χ4n) is 2.49. The van der Waals surface area contributed by atoms with E-state index >= 15 is 0 Å². The molecule has 20 heavy (non-hydrogen) atoms. The van der Waals surface area contributed by atoms with Crippen molar-refractivity contribution in [3.05, 3.63) is 24.3 Å². The summed E-state index contributed by atoms with van der Waals surface area (Å²) in [7, 11) is -3.35. The quantitative estimate of drug-likeness (QED) is 0.882. The first-order valence-corrected chi connectivity index (χ1v) is 8.47. The van der Waals surface area contributed by atoms with Crippen LogP contribution in [0.3, 0.4) is 0 Å². The van der Waals surface area contributed by atoms with Crippen molar-refractivity contribution in [3.63, 3.8) is 0 Å². The Bertz CT molecular complexity index is 598. The van der Waals surface area contributed by atoms with Crippen molar-refractivity contribution in [3.8, 4) is 0 Å². The van der Waals surface area contributed by atoms with E-state index in [1.165, 1.54) is 6.07 Å². The van der Waals surface area contributed by atoms with Crippen LogP contribution in [0.15, 0.2) is 29.2 Å². The van der Waals surface area contributed by atoms with Crippen molar-refractivity contribution in [1.29, 1.82) is 0 Å². The molecule has 0 aromatic heterocycles. The lowest BCUT2D eigenvalue weighted by molar-refractivity contribution is -0.119. The van der Waals surface area contributed by atoms with Crippen LogP contribution in [0.1, 0.15) is 26.2 Å². The van der Waals surface area contributed by atoms with Gasteiger partial charge in [0.25, 0.3) is 0 Å². The molecular formula is C14H20N2O3S. The highest BCUT2D eigenvalue weighted by Gasteiger charge is 2.28. The summed E-state index contributed by atoms with van der Waals surface area (Å²) in [5.41, 5.74) is 6.16. The molecule has 1 fully saturated rings. The van der Waals surface area contributed by atoms with Gasteiger partial charge in [0.1, 0.15) is 0 Å². The number of hydrogen-bond acceptors (Lipinski definition) is 4. The van der Waals surface area contributed by atoms with Crippen molar-refractivity contribution in [2.75, 3.05) is 11.1 Å². The van der Waals surface area contributed by atoms with Crippen molar-refractivity contribution >= 4 is 21.4 Å². The predicted molar refractivity (Wildman–Crippen MR) is 78.1 cm³/mol. The van der Waals surface area contributed by atoms with Crippen LogP contribution >= 0.6 is 0 Å². The van der Waals surface area contributed by atoms with Gasteiger partial charge in [0.2, 0.25) is 5.91 Å². The highest BCUT2D eigenvalue weighted by molar-refractivity contribution is 7.91. The molecule has 1 aliphatic carbocycles. The minimum absolute atomic E-state index is 0.00812. The van der Waals surface area contributed by atoms with Gasteiger partial charge in [-0.25, -0.2) is 8.42 Å². The van der Waals surface area contributed by atoms with Gasteiger partial charge < -0.3 is 11.1 Å². The number of anilines is 1. The molecule has 1 aromatic rings. The van der Waals surface area contributed by atoms with E-state index in [4.69, 9.17) is 5.73 Å². The van der Waals surface area contributed by atoms with Gasteiger partial charge in [0.05, 0.1) is 16.3 Å². The molecule has 6 heteroatoms. The van der Waals surface area contributed by atoms with E-state index in [0.717, 1.165) is 12.8 Å². The van der Waals surface area contributed by atoms with Crippen molar-refractivity contribution in [2.45, 2.75) is 37.1 Å². The van der Waals surface area contributed by atoms with E-state index in [9.17, 15) is 13.2 Å². The standard InChI is InChI=1S/C14H20N2O3S/c1-2-20(18,19)13-6-4-3-5-12(13)16-14(17)10-7-8-11(15)9-10/h3-6,10-11H,2,7-9,15H2,1H3,(H,16,17). The molecule has 0 saturated heterocycles. The molecular weight excluding hydrogens is 276 g/mol. The molecule has 2 atom stereocenters. The summed E-state index contributed by atoms with van der Waals surface area (Å²) < 4.78 is 24.0. The third-order valence-corrected chi connectivity index (χ3v) is 5.49. The van der Waals surface area contributed by atoms with Crippen LogP contribution in [0.4, 0.5) is 5.69 Å². The normalized spacial score (nSPS) is 22.7. The molecule has 0 heterocycles. The fourth-order valence-corrected chi connectivity index (χ4v) is 3.54. The summed E-state index contributed by atoms with van der Waals surface area (Å²) >= 11 is 0. The highest BCUT2D eigenvalue weighted by Crippen LogP contribution is 2.27. The van der Waals surface area contributed by atoms with Gasteiger partial charge in [-0.05, 0) is 31.4 Å². The van der Waals surface area contributed by atoms with Crippen LogP contribution in [0.25, 0.3) is 0 Å². The molecule has 0 aliphatic heterocycles. The molecule has 2 rings (SSSR count). The number of carbonyl (C=O) groups excluding carboxylic acids is 1. The Morgan fingerprint density at radius 2 is 2.05 bits per heavy atom. The zero-order valence-electron chi connectivity index (χ0n) is 11.5. The average molecular weight is 296 g/mol. The third kappa shape index (κ3) is 3.19. The van der Waals surface area contributed by atoms with Crippen LogP contribution in [0, 0.1) is 5.92 Å². The van der Waals surface area contributed by atoms with Gasteiger partial charge in [0.15, 0.2) is 9.84 Å². The Kier molecular flexibility index (Phi) is 4.45. The van der Waals surface area contributed by atoms with E-state index in [1.54, 1.807) is 25.1 Å². The maximum Gasteiger partial charge on any atom is 0.227 e. The minimum atomic E-state index is -3.35. The van der Waals surface area contributed by atoms with Crippen molar-refractivity contribution in [1.82, 2.24) is 0 Å². The van der Waals surface area contributed by atoms with Crippen LogP contribution in [0.2, 0.25) is 0 Å². The molecule has 1 aliphatic rings. The summed E-state index contributed by atoms with van der Waals surface area (Å²) in [5.74, 6) is -0.257. The van der Waals surface area contributed by atoms with Gasteiger partial charge >= 0.3 is 0 Å². The van der Waals surface area contributed by atoms with E-state index in [0.29, 0.717) is 12.1 Å². The second-order valence-corrected chi connectivity index (χ2v) is 7.41. The van der Waals surface area contributed by atoms with Crippen molar-refractivity contribution in [2.24, 2.45) is 11.7 Å². The monoisotopic (exact) mass is 296 g/mol. The first-order valence-electron chi connectivity index (χ1n) is 6.82. The number of rotatable bonds is 4. The fraction of sp³-hybridized carbons (Fsp3) is 0.500. The molecule has 0 spiro atoms. The predicted octanol–water partition coefficient (Wildman–Crippen LogP) is 1.55. The highest BCUT2D eigenvalue weighted by atomic mass is 32.2. The molecule has 1 aromatic carbocycles. The number of para-hydroxylation sites is 1. The molecule has 2 unspecified atom stereocenters. The number of carbonyl (C=O) groups is 1. The second kappa shape index (κ2) is 5.93. The van der Waals surface area contributed by atoms with E-state index in [1.807, 2.05) is 0 Å². The Hall–Kier alpha value is -1.40. The number of benzene rings is 1. The summed E-state index contributed by atoms with van der Waals surface area (Å²) in [6, 6.07) is 6.58. The Morgan fingerprint density at radius 1 is 1.35 bits per heavy atom. The van der Waals surface area contributed by atoms with Crippen LogP contribution in [-0.4, -0.2) is 26.1 Å². The number of amides is 1. The number of nitrogens with one attached hydrogen (secondary N) is 1. The molecule has 3 N–H and O–H groups in total. The summed E-state index contributed by atoms with van der Waals surface area (Å²) in [4.78, 5) is 12.3. The SMILES string of the molecule is CCS(=O)(=O)c1ccccc1NC(=O)C1CCC(N)C1. The zero-order chi connectivity index (χ0) is 14.8. The summed E-state index contributed by atoms with van der Waals surface area (Å²) in [5, 5.41) is 2.74. The Balaban J connectivity index is 2.20.